The lowest BCUT2D eigenvalue weighted by Crippen LogP contribution is -2.46. The molecule has 0 spiro atoms. The van der Waals surface area contributed by atoms with E-state index in [1.54, 1.807) is 13.0 Å². The Morgan fingerprint density at radius 1 is 1.09 bits per heavy atom. The van der Waals surface area contributed by atoms with E-state index in [0.29, 0.717) is 36.3 Å². The molecule has 0 saturated carbocycles. The molecule has 8 nitrogen and oxygen atoms in total. The molecule has 2 N–H and O–H groups in total. The number of aliphatic hydroxyl groups is 1. The van der Waals surface area contributed by atoms with Gasteiger partial charge in [0, 0.05) is 67.5 Å². The van der Waals surface area contributed by atoms with E-state index in [4.69, 9.17) is 37.7 Å². The van der Waals surface area contributed by atoms with Gasteiger partial charge in [0.15, 0.2) is 0 Å². The predicted octanol–water partition coefficient (Wildman–Crippen LogP) is 5.89. The Balaban J connectivity index is 1.38. The number of hydrogen-bond acceptors (Lipinski definition) is 7. The number of aromatic nitrogens is 1. The highest BCUT2D eigenvalue weighted by Crippen LogP contribution is 2.50. The third kappa shape index (κ3) is 6.40. The van der Waals surface area contributed by atoms with E-state index in [1.807, 2.05) is 6.20 Å². The number of pyridine rings is 1. The fourth-order valence-corrected chi connectivity index (χ4v) is 7.20. The Morgan fingerprint density at radius 3 is 2.36 bits per heavy atom. The number of rotatable bonds is 10. The number of piperazine rings is 1. The molecule has 0 bridgehead atoms. The standard InChI is InChI=1S/C34H40Cl2N4O4/c1-6-30(41)38-27-18-26(40-12-10-39(7-2)11-13-40)9-8-21(27)16-25-17-22-14-24(15-23(22)20-37-25)34(3,42)31-32(35)28(43-4)19-29(44-5)33(31)36/h6,8-9,17-20,24,42H,1,7,10-16H2,2-5H3,(H,38,41). The van der Waals surface area contributed by atoms with Crippen LogP contribution in [0.15, 0.2) is 49.2 Å². The van der Waals surface area contributed by atoms with Crippen LogP contribution < -0.4 is 19.7 Å². The number of halogens is 2. The fraction of sp³-hybridized carbons (Fsp3) is 0.412. The summed E-state index contributed by atoms with van der Waals surface area (Å²) in [5.41, 5.74) is 4.89. The van der Waals surface area contributed by atoms with E-state index >= 15 is 0 Å². The highest BCUT2D eigenvalue weighted by Gasteiger charge is 2.42. The third-order valence-corrected chi connectivity index (χ3v) is 9.79. The molecule has 3 aromatic rings. The normalized spacial score (nSPS) is 18.0. The number of carbonyl (C=O) groups is 1. The average Bonchev–Trinajstić information content (AvgIpc) is 3.46. The highest BCUT2D eigenvalue weighted by atomic mass is 35.5. The number of fused-ring (bicyclic) bond motifs is 1. The summed E-state index contributed by atoms with van der Waals surface area (Å²) >= 11 is 13.4. The zero-order valence-corrected chi connectivity index (χ0v) is 27.3. The van der Waals surface area contributed by atoms with Gasteiger partial charge in [-0.05, 0) is 73.2 Å². The van der Waals surface area contributed by atoms with Crippen molar-refractivity contribution in [2.75, 3.05) is 57.2 Å². The van der Waals surface area contributed by atoms with Crippen molar-refractivity contribution in [3.63, 3.8) is 0 Å². The SMILES string of the molecule is C=CC(=O)Nc1cc(N2CCN(CC)CC2)ccc1Cc1cc2c(cn1)CC(C(C)(O)c1c(Cl)c(OC)cc(OC)c1Cl)C2. The Morgan fingerprint density at radius 2 is 1.75 bits per heavy atom. The van der Waals surface area contributed by atoms with Crippen molar-refractivity contribution in [3.05, 3.63) is 87.2 Å². The van der Waals surface area contributed by atoms with E-state index < -0.39 is 5.60 Å². The number of hydrogen-bond donors (Lipinski definition) is 2. The summed E-state index contributed by atoms with van der Waals surface area (Å²) in [7, 11) is 3.03. The van der Waals surface area contributed by atoms with Crippen LogP contribution >= 0.6 is 23.2 Å². The molecule has 234 valence electrons. The number of methoxy groups -OCH3 is 2. The summed E-state index contributed by atoms with van der Waals surface area (Å²) in [6.45, 7) is 12.5. The second-order valence-corrected chi connectivity index (χ2v) is 12.4. The second-order valence-electron chi connectivity index (χ2n) is 11.6. The Kier molecular flexibility index (Phi) is 9.75. The molecule has 10 heteroatoms. The number of carbonyl (C=O) groups excluding carboxylic acids is 1. The zero-order chi connectivity index (χ0) is 31.6. The first kappa shape index (κ1) is 32.1. The van der Waals surface area contributed by atoms with Crippen LogP contribution in [0.4, 0.5) is 11.4 Å². The molecule has 1 aromatic heterocycles. The first-order chi connectivity index (χ1) is 21.1. The summed E-state index contributed by atoms with van der Waals surface area (Å²) in [6.07, 6.45) is 4.94. The van der Waals surface area contributed by atoms with Crippen molar-refractivity contribution < 1.29 is 19.4 Å². The van der Waals surface area contributed by atoms with Crippen LogP contribution in [0.3, 0.4) is 0 Å². The van der Waals surface area contributed by atoms with Crippen molar-refractivity contribution in [1.29, 1.82) is 0 Å². The molecule has 2 unspecified atom stereocenters. The van der Waals surface area contributed by atoms with Crippen LogP contribution in [0.1, 0.15) is 41.8 Å². The minimum absolute atomic E-state index is 0.198. The van der Waals surface area contributed by atoms with Crippen molar-refractivity contribution in [1.82, 2.24) is 9.88 Å². The first-order valence-corrected chi connectivity index (χ1v) is 15.7. The maximum atomic E-state index is 12.4. The third-order valence-electron chi connectivity index (χ3n) is 9.04. The van der Waals surface area contributed by atoms with Crippen molar-refractivity contribution >= 4 is 40.5 Å². The Hall–Kier alpha value is -3.30. The quantitative estimate of drug-likeness (QED) is 0.268. The number of anilines is 2. The van der Waals surface area contributed by atoms with Gasteiger partial charge in [-0.2, -0.15) is 0 Å². The maximum absolute atomic E-state index is 12.4. The summed E-state index contributed by atoms with van der Waals surface area (Å²) in [4.78, 5) is 21.9. The molecule has 1 amide bonds. The van der Waals surface area contributed by atoms with Crippen LogP contribution in [0, 0.1) is 5.92 Å². The molecule has 1 fully saturated rings. The number of amides is 1. The lowest BCUT2D eigenvalue weighted by Gasteiger charge is -2.35. The zero-order valence-electron chi connectivity index (χ0n) is 25.8. The summed E-state index contributed by atoms with van der Waals surface area (Å²) in [6, 6.07) is 9.96. The molecule has 0 radical (unpaired) electrons. The van der Waals surface area contributed by atoms with Crippen LogP contribution in [-0.2, 0) is 29.7 Å². The van der Waals surface area contributed by atoms with E-state index in [0.717, 1.165) is 66.5 Å². The first-order valence-electron chi connectivity index (χ1n) is 14.9. The number of benzene rings is 2. The van der Waals surface area contributed by atoms with Gasteiger partial charge in [0.2, 0.25) is 5.91 Å². The number of ether oxygens (including phenoxy) is 2. The van der Waals surface area contributed by atoms with E-state index in [-0.39, 0.29) is 21.9 Å². The topological polar surface area (TPSA) is 87.2 Å². The molecule has 5 rings (SSSR count). The lowest BCUT2D eigenvalue weighted by atomic mass is 9.80. The largest absolute Gasteiger partial charge is 0.495 e. The summed E-state index contributed by atoms with van der Waals surface area (Å²) in [5.74, 6) is 0.321. The van der Waals surface area contributed by atoms with Crippen LogP contribution in [0.5, 0.6) is 11.5 Å². The van der Waals surface area contributed by atoms with Gasteiger partial charge >= 0.3 is 0 Å². The molecule has 1 aliphatic carbocycles. The molecular weight excluding hydrogens is 599 g/mol. The monoisotopic (exact) mass is 638 g/mol. The molecule has 2 atom stereocenters. The van der Waals surface area contributed by atoms with Crippen molar-refractivity contribution in [2.24, 2.45) is 5.92 Å². The van der Waals surface area contributed by atoms with Crippen LogP contribution in [0.2, 0.25) is 10.0 Å². The smallest absolute Gasteiger partial charge is 0.247 e. The van der Waals surface area contributed by atoms with Gasteiger partial charge in [-0.25, -0.2) is 0 Å². The van der Waals surface area contributed by atoms with Crippen LogP contribution in [0.25, 0.3) is 0 Å². The molecule has 1 saturated heterocycles. The summed E-state index contributed by atoms with van der Waals surface area (Å²) in [5, 5.41) is 15.5. The van der Waals surface area contributed by atoms with E-state index in [9.17, 15) is 9.90 Å². The van der Waals surface area contributed by atoms with E-state index in [2.05, 4.69) is 52.9 Å². The number of nitrogens with one attached hydrogen (secondary N) is 1. The predicted molar refractivity (Wildman–Crippen MR) is 177 cm³/mol. The van der Waals surface area contributed by atoms with Gasteiger partial charge in [0.1, 0.15) is 11.5 Å². The van der Waals surface area contributed by atoms with Crippen LogP contribution in [-0.4, -0.2) is 67.8 Å². The summed E-state index contributed by atoms with van der Waals surface area (Å²) < 4.78 is 10.9. The van der Waals surface area contributed by atoms with Gasteiger partial charge < -0.3 is 29.7 Å². The number of likely N-dealkylation sites (N-methyl/N-ethyl adjacent to an activating group) is 1. The Labute approximate surface area is 269 Å². The van der Waals surface area contributed by atoms with Gasteiger partial charge in [-0.3, -0.25) is 9.78 Å². The van der Waals surface area contributed by atoms with E-state index in [1.165, 1.54) is 20.3 Å². The van der Waals surface area contributed by atoms with Gasteiger partial charge in [-0.1, -0.05) is 42.8 Å². The highest BCUT2D eigenvalue weighted by molar-refractivity contribution is 6.38. The molecule has 2 aliphatic rings. The van der Waals surface area contributed by atoms with Gasteiger partial charge in [-0.15, -0.1) is 0 Å². The molecule has 2 heterocycles. The average molecular weight is 640 g/mol. The maximum Gasteiger partial charge on any atom is 0.247 e. The number of nitrogens with zero attached hydrogens (tertiary/aromatic N) is 3. The van der Waals surface area contributed by atoms with Crippen molar-refractivity contribution in [2.45, 2.75) is 38.7 Å². The lowest BCUT2D eigenvalue weighted by molar-refractivity contribution is -0.111. The Bertz CT molecular complexity index is 1520. The molecule has 1 aliphatic heterocycles. The fourth-order valence-electron chi connectivity index (χ4n) is 6.31. The minimum atomic E-state index is -1.37. The minimum Gasteiger partial charge on any atom is -0.495 e. The second kappa shape index (κ2) is 13.4. The molecular formula is C34H40Cl2N4O4. The van der Waals surface area contributed by atoms with Crippen molar-refractivity contribution in [3.8, 4) is 11.5 Å². The van der Waals surface area contributed by atoms with Gasteiger partial charge in [0.25, 0.3) is 0 Å². The molecule has 44 heavy (non-hydrogen) atoms. The van der Waals surface area contributed by atoms with Gasteiger partial charge in [0.05, 0.1) is 29.9 Å². The molecule has 2 aromatic carbocycles.